The van der Waals surface area contributed by atoms with Crippen molar-refractivity contribution in [2.24, 2.45) is 11.8 Å². The van der Waals surface area contributed by atoms with Gasteiger partial charge in [0.2, 0.25) is 17.7 Å². The summed E-state index contributed by atoms with van der Waals surface area (Å²) in [6.07, 6.45) is 3.97. The number of halogens is 1. The van der Waals surface area contributed by atoms with E-state index in [1.807, 2.05) is 58.0 Å². The molecule has 3 unspecified atom stereocenters. The fourth-order valence-electron chi connectivity index (χ4n) is 6.89. The van der Waals surface area contributed by atoms with Crippen LogP contribution >= 0.6 is 15.9 Å². The second-order valence-corrected chi connectivity index (χ2v) is 13.2. The van der Waals surface area contributed by atoms with E-state index in [4.69, 9.17) is 4.74 Å². The third-order valence-corrected chi connectivity index (χ3v) is 9.33. The van der Waals surface area contributed by atoms with Gasteiger partial charge >= 0.3 is 0 Å². The van der Waals surface area contributed by atoms with E-state index < -0.39 is 41.2 Å². The molecule has 1 aromatic rings. The molecular formula is C31H42BrN3O5. The zero-order valence-electron chi connectivity index (χ0n) is 24.0. The second kappa shape index (κ2) is 11.8. The summed E-state index contributed by atoms with van der Waals surface area (Å²) >= 11 is 3.75. The highest BCUT2D eigenvalue weighted by molar-refractivity contribution is 9.09. The number of hydrogen-bond donors (Lipinski definition) is 1. The van der Waals surface area contributed by atoms with E-state index in [1.54, 1.807) is 22.0 Å². The summed E-state index contributed by atoms with van der Waals surface area (Å²) in [5.41, 5.74) is -1.07. The predicted molar refractivity (Wildman–Crippen MR) is 158 cm³/mol. The van der Waals surface area contributed by atoms with Gasteiger partial charge in [0.15, 0.2) is 0 Å². The van der Waals surface area contributed by atoms with Crippen LogP contribution in [0.4, 0.5) is 0 Å². The van der Waals surface area contributed by atoms with Gasteiger partial charge in [-0.25, -0.2) is 0 Å². The van der Waals surface area contributed by atoms with Crippen molar-refractivity contribution in [1.29, 1.82) is 0 Å². The molecule has 1 spiro atoms. The van der Waals surface area contributed by atoms with Gasteiger partial charge in [-0.1, -0.05) is 65.3 Å². The number of hydrogen-bond acceptors (Lipinski definition) is 5. The van der Waals surface area contributed by atoms with Crippen molar-refractivity contribution in [3.8, 4) is 0 Å². The van der Waals surface area contributed by atoms with E-state index in [-0.39, 0.29) is 35.7 Å². The molecule has 3 saturated heterocycles. The molecule has 3 aliphatic rings. The highest BCUT2D eigenvalue weighted by atomic mass is 79.9. The molecule has 0 aromatic heterocycles. The number of carbonyl (C=O) groups is 3. The molecule has 4 rings (SSSR count). The first-order chi connectivity index (χ1) is 19.0. The summed E-state index contributed by atoms with van der Waals surface area (Å²) in [7, 11) is 0. The molecular weight excluding hydrogens is 574 g/mol. The average Bonchev–Trinajstić information content (AvgIpc) is 3.50. The van der Waals surface area contributed by atoms with Crippen molar-refractivity contribution >= 4 is 33.7 Å². The normalized spacial score (nSPS) is 29.7. The molecule has 3 amide bonds. The first-order valence-electron chi connectivity index (χ1n) is 14.1. The lowest BCUT2D eigenvalue weighted by atomic mass is 9.70. The molecule has 9 heteroatoms. The monoisotopic (exact) mass is 615 g/mol. The number of ether oxygens (including phenoxy) is 1. The van der Waals surface area contributed by atoms with Crippen molar-refractivity contribution in [2.75, 3.05) is 26.2 Å². The predicted octanol–water partition coefficient (Wildman–Crippen LogP) is 3.71. The molecule has 8 nitrogen and oxygen atoms in total. The van der Waals surface area contributed by atoms with Gasteiger partial charge in [-0.2, -0.15) is 0 Å². The van der Waals surface area contributed by atoms with Crippen LogP contribution in [0, 0.1) is 11.8 Å². The van der Waals surface area contributed by atoms with E-state index in [9.17, 15) is 19.5 Å². The smallest absolute Gasteiger partial charge is 0.249 e. The third kappa shape index (κ3) is 4.94. The van der Waals surface area contributed by atoms with E-state index in [1.165, 1.54) is 4.90 Å². The summed E-state index contributed by atoms with van der Waals surface area (Å²) < 4.78 is 6.70. The highest BCUT2D eigenvalue weighted by Crippen LogP contribution is 2.61. The number of amides is 3. The van der Waals surface area contributed by atoms with Crippen molar-refractivity contribution < 1.29 is 24.2 Å². The third-order valence-electron chi connectivity index (χ3n) is 8.48. The van der Waals surface area contributed by atoms with Gasteiger partial charge in [0.25, 0.3) is 0 Å². The lowest BCUT2D eigenvalue weighted by molar-refractivity contribution is -0.155. The maximum Gasteiger partial charge on any atom is 0.249 e. The number of nitrogens with zero attached hydrogens (tertiary/aromatic N) is 3. The van der Waals surface area contributed by atoms with Crippen LogP contribution in [-0.2, 0) is 19.1 Å². The first kappa shape index (κ1) is 30.5. The molecule has 3 aliphatic heterocycles. The standard InChI is InChI=1S/C31H42BrN3O5/c1-7-15-33(16-8-2)27(37)23-24-28(38)35(22(19-36)20-13-11-10-12-14-20)26(31(24)18-21(32)25(23)40-31)29(39)34(17-9-3)30(4,5)6/h7,9-14,21-26,36H,1,3,8,15-19H2,2,4-6H3/t21?,22-,23+,24+,25+,26?,31?/m1/s1. The van der Waals surface area contributed by atoms with Crippen LogP contribution in [0.25, 0.3) is 0 Å². The van der Waals surface area contributed by atoms with Gasteiger partial charge in [0.05, 0.1) is 30.6 Å². The molecule has 0 radical (unpaired) electrons. The summed E-state index contributed by atoms with van der Waals surface area (Å²) in [4.78, 5) is 48.0. The Hall–Kier alpha value is -2.49. The van der Waals surface area contributed by atoms with E-state index in [0.717, 1.165) is 6.42 Å². The summed E-state index contributed by atoms with van der Waals surface area (Å²) in [5.74, 6) is -2.37. The minimum atomic E-state index is -1.22. The Balaban J connectivity index is 1.88. The fraction of sp³-hybridized carbons (Fsp3) is 0.581. The molecule has 1 aromatic carbocycles. The zero-order valence-corrected chi connectivity index (χ0v) is 25.5. The lowest BCUT2D eigenvalue weighted by Crippen LogP contribution is -2.60. The van der Waals surface area contributed by atoms with Gasteiger partial charge in [-0.05, 0) is 39.2 Å². The number of rotatable bonds is 11. The molecule has 3 heterocycles. The van der Waals surface area contributed by atoms with Crippen molar-refractivity contribution in [3.63, 3.8) is 0 Å². The van der Waals surface area contributed by atoms with Gasteiger partial charge in [0.1, 0.15) is 11.6 Å². The van der Waals surface area contributed by atoms with Crippen LogP contribution in [0.1, 0.15) is 52.1 Å². The number of carbonyl (C=O) groups excluding carboxylic acids is 3. The maximum atomic E-state index is 14.6. The Bertz CT molecular complexity index is 1140. The molecule has 218 valence electrons. The number of likely N-dealkylation sites (tertiary alicyclic amines) is 1. The topological polar surface area (TPSA) is 90.4 Å². The molecule has 0 saturated carbocycles. The maximum absolute atomic E-state index is 14.6. The van der Waals surface area contributed by atoms with E-state index >= 15 is 0 Å². The van der Waals surface area contributed by atoms with E-state index in [0.29, 0.717) is 25.1 Å². The Morgan fingerprint density at radius 2 is 1.85 bits per heavy atom. The Morgan fingerprint density at radius 3 is 2.40 bits per heavy atom. The van der Waals surface area contributed by atoms with Crippen LogP contribution in [-0.4, -0.2) is 91.9 Å². The SMILES string of the molecule is C=CCN(CCC)C(=O)[C@H]1[C@H]2C(=O)N([C@H](CO)c3ccccc3)C(C(=O)N(CC=C)C(C)(C)C)C23CC(Br)[C@@H]1O3. The second-order valence-electron chi connectivity index (χ2n) is 12.0. The average molecular weight is 617 g/mol. The number of fused-ring (bicyclic) bond motifs is 1. The fourth-order valence-corrected chi connectivity index (χ4v) is 7.84. The summed E-state index contributed by atoms with van der Waals surface area (Å²) in [6.45, 7) is 16.3. The number of aliphatic hydroxyl groups excluding tert-OH is 1. The summed E-state index contributed by atoms with van der Waals surface area (Å²) in [6, 6.07) is 7.43. The van der Waals surface area contributed by atoms with Gasteiger partial charge in [-0.3, -0.25) is 14.4 Å². The van der Waals surface area contributed by atoms with Crippen LogP contribution in [0.5, 0.6) is 0 Å². The molecule has 0 aliphatic carbocycles. The van der Waals surface area contributed by atoms with Crippen LogP contribution < -0.4 is 0 Å². The molecule has 2 bridgehead atoms. The largest absolute Gasteiger partial charge is 0.394 e. The number of benzene rings is 1. The number of aliphatic hydroxyl groups is 1. The molecule has 7 atom stereocenters. The van der Waals surface area contributed by atoms with Crippen LogP contribution in [0.3, 0.4) is 0 Å². The minimum Gasteiger partial charge on any atom is -0.394 e. The van der Waals surface area contributed by atoms with Gasteiger partial charge in [0, 0.05) is 30.0 Å². The van der Waals surface area contributed by atoms with Crippen molar-refractivity contribution in [1.82, 2.24) is 14.7 Å². The Labute approximate surface area is 246 Å². The van der Waals surface area contributed by atoms with Crippen molar-refractivity contribution in [3.05, 3.63) is 61.2 Å². The highest BCUT2D eigenvalue weighted by Gasteiger charge is 2.77. The Morgan fingerprint density at radius 1 is 1.20 bits per heavy atom. The van der Waals surface area contributed by atoms with E-state index in [2.05, 4.69) is 29.1 Å². The first-order valence-corrected chi connectivity index (χ1v) is 15.0. The molecule has 40 heavy (non-hydrogen) atoms. The molecule has 1 N–H and O–H groups in total. The van der Waals surface area contributed by atoms with Gasteiger partial charge < -0.3 is 24.5 Å². The van der Waals surface area contributed by atoms with Gasteiger partial charge in [-0.15, -0.1) is 13.2 Å². The van der Waals surface area contributed by atoms with Crippen LogP contribution in [0.15, 0.2) is 55.6 Å². The molecule has 3 fully saturated rings. The van der Waals surface area contributed by atoms with Crippen molar-refractivity contribution in [2.45, 2.75) is 74.7 Å². The lowest BCUT2D eigenvalue weighted by Gasteiger charge is -2.43. The minimum absolute atomic E-state index is 0.164. The quantitative estimate of drug-likeness (QED) is 0.303. The van der Waals surface area contributed by atoms with Crippen LogP contribution in [0.2, 0.25) is 0 Å². The number of alkyl halides is 1. The summed E-state index contributed by atoms with van der Waals surface area (Å²) in [5, 5.41) is 10.7. The Kier molecular flexibility index (Phi) is 8.97. The zero-order chi connectivity index (χ0) is 29.4.